The van der Waals surface area contributed by atoms with Gasteiger partial charge in [0.2, 0.25) is 0 Å². The molecule has 0 spiro atoms. The molecule has 0 bridgehead atoms. The van der Waals surface area contributed by atoms with Crippen molar-refractivity contribution in [1.29, 1.82) is 0 Å². The van der Waals surface area contributed by atoms with Gasteiger partial charge in [0.1, 0.15) is 17.4 Å². The Balaban J connectivity index is 1.67. The molecule has 1 fully saturated rings. The van der Waals surface area contributed by atoms with Crippen LogP contribution in [0.1, 0.15) is 25.8 Å². The van der Waals surface area contributed by atoms with Crippen LogP contribution in [0.25, 0.3) is 22.5 Å². The summed E-state index contributed by atoms with van der Waals surface area (Å²) < 4.78 is 36.6. The summed E-state index contributed by atoms with van der Waals surface area (Å²) in [7, 11) is 2.09. The average molecular weight is 492 g/mol. The maximum absolute atomic E-state index is 13.7. The van der Waals surface area contributed by atoms with Gasteiger partial charge in [0.25, 0.3) is 5.56 Å². The van der Waals surface area contributed by atoms with E-state index in [1.807, 2.05) is 6.92 Å². The molecule has 1 aliphatic heterocycles. The molecule has 2 aromatic carbocycles. The van der Waals surface area contributed by atoms with E-state index >= 15 is 0 Å². The predicted octanol–water partition coefficient (Wildman–Crippen LogP) is 5.13. The number of rotatable bonds is 6. The van der Waals surface area contributed by atoms with Crippen molar-refractivity contribution in [1.82, 2.24) is 24.2 Å². The third-order valence-electron chi connectivity index (χ3n) is 6.54. The molecule has 186 valence electrons. The molecule has 4 aromatic rings. The quantitative estimate of drug-likeness (QED) is 0.374. The fourth-order valence-corrected chi connectivity index (χ4v) is 4.73. The van der Waals surface area contributed by atoms with E-state index in [0.29, 0.717) is 34.8 Å². The molecule has 3 heterocycles. The number of aromatic nitrogens is 4. The van der Waals surface area contributed by atoms with Gasteiger partial charge in [-0.3, -0.25) is 9.48 Å². The summed E-state index contributed by atoms with van der Waals surface area (Å²) >= 11 is 0. The monoisotopic (exact) mass is 491 g/mol. The highest BCUT2D eigenvalue weighted by Gasteiger charge is 2.29. The molecule has 36 heavy (non-hydrogen) atoms. The van der Waals surface area contributed by atoms with E-state index in [2.05, 4.69) is 26.6 Å². The number of ether oxygens (including phenoxy) is 1. The van der Waals surface area contributed by atoms with Gasteiger partial charge in [0.15, 0.2) is 0 Å². The number of hydrogen-bond acceptors (Lipinski definition) is 5. The molecule has 7 nitrogen and oxygen atoms in total. The largest absolute Gasteiger partial charge is 0.424 e. The van der Waals surface area contributed by atoms with Crippen molar-refractivity contribution in [2.24, 2.45) is 0 Å². The van der Waals surface area contributed by atoms with Crippen LogP contribution in [0.4, 0.5) is 8.78 Å². The lowest BCUT2D eigenvalue weighted by Gasteiger charge is -2.32. The second-order valence-corrected chi connectivity index (χ2v) is 8.91. The van der Waals surface area contributed by atoms with Crippen LogP contribution in [-0.2, 0) is 6.54 Å². The molecule has 0 radical (unpaired) electrons. The second kappa shape index (κ2) is 10.0. The molecule has 1 aliphatic rings. The molecule has 0 unspecified atom stereocenters. The molecule has 0 aliphatic carbocycles. The molecule has 0 saturated carbocycles. The molecule has 0 N–H and O–H groups in total. The summed E-state index contributed by atoms with van der Waals surface area (Å²) in [5.41, 5.74) is 2.09. The maximum atomic E-state index is 13.7. The number of piperidine rings is 1. The Morgan fingerprint density at radius 1 is 0.972 bits per heavy atom. The first-order valence-electron chi connectivity index (χ1n) is 12.0. The molecule has 9 heteroatoms. The molecule has 1 saturated heterocycles. The van der Waals surface area contributed by atoms with Crippen LogP contribution in [0.2, 0.25) is 0 Å². The highest BCUT2D eigenvalue weighted by atomic mass is 19.1. The maximum Gasteiger partial charge on any atom is 0.322 e. The molecule has 0 atom stereocenters. The fourth-order valence-electron chi connectivity index (χ4n) is 4.73. The zero-order valence-corrected chi connectivity index (χ0v) is 20.2. The van der Waals surface area contributed by atoms with Crippen LogP contribution in [0.3, 0.4) is 0 Å². The third kappa shape index (κ3) is 4.66. The lowest BCUT2D eigenvalue weighted by molar-refractivity contribution is 0.199. The minimum Gasteiger partial charge on any atom is -0.424 e. The van der Waals surface area contributed by atoms with Crippen LogP contribution in [0.5, 0.6) is 11.8 Å². The summed E-state index contributed by atoms with van der Waals surface area (Å²) in [6.07, 6.45) is 3.33. The van der Waals surface area contributed by atoms with Crippen molar-refractivity contribution in [2.75, 3.05) is 20.1 Å². The molecular formula is C27H27F2N5O2. The van der Waals surface area contributed by atoms with Crippen molar-refractivity contribution in [3.8, 4) is 34.3 Å². The van der Waals surface area contributed by atoms with E-state index in [0.717, 1.165) is 25.9 Å². The number of benzene rings is 2. The Hall–Kier alpha value is -3.85. The zero-order chi connectivity index (χ0) is 25.2. The SMILES string of the molecule is CCn1c(=O)c(-c2ccc(F)cc2)c(-c2ccnc(Oc3ccc(F)cc3)n2)n1C1CCN(C)CC1. The van der Waals surface area contributed by atoms with Crippen LogP contribution in [0, 0.1) is 11.6 Å². The Labute approximate surface area is 207 Å². The van der Waals surface area contributed by atoms with Gasteiger partial charge in [-0.2, -0.15) is 4.98 Å². The van der Waals surface area contributed by atoms with Gasteiger partial charge in [0, 0.05) is 12.7 Å². The zero-order valence-electron chi connectivity index (χ0n) is 20.2. The standard InChI is InChI=1S/C27H27F2N5O2/c1-3-33-26(35)24(18-4-6-19(28)7-5-18)25(34(33)21-13-16-32(2)17-14-21)23-12-15-30-27(31-23)36-22-10-8-20(29)9-11-22/h4-12,15,21H,3,13-14,16-17H2,1-2H3. The Bertz CT molecular complexity index is 1410. The number of hydrogen-bond donors (Lipinski definition) is 0. The predicted molar refractivity (Wildman–Crippen MR) is 133 cm³/mol. The molecule has 0 amide bonds. The van der Waals surface area contributed by atoms with Gasteiger partial charge in [-0.1, -0.05) is 12.1 Å². The Morgan fingerprint density at radius 2 is 1.61 bits per heavy atom. The Kier molecular flexibility index (Phi) is 6.65. The minimum absolute atomic E-state index is 0.0794. The number of halogens is 2. The second-order valence-electron chi connectivity index (χ2n) is 8.91. The van der Waals surface area contributed by atoms with Crippen molar-refractivity contribution in [2.45, 2.75) is 32.4 Å². The number of likely N-dealkylation sites (tertiary alicyclic amines) is 1. The minimum atomic E-state index is -0.372. The fraction of sp³-hybridized carbons (Fsp3) is 0.296. The molecule has 5 rings (SSSR count). The van der Waals surface area contributed by atoms with E-state index in [1.165, 1.54) is 36.4 Å². The summed E-state index contributed by atoms with van der Waals surface area (Å²) in [4.78, 5) is 24.9. The van der Waals surface area contributed by atoms with Gasteiger partial charge < -0.3 is 9.64 Å². The van der Waals surface area contributed by atoms with Crippen LogP contribution in [-0.4, -0.2) is 44.4 Å². The van der Waals surface area contributed by atoms with E-state index < -0.39 is 0 Å². The van der Waals surface area contributed by atoms with Crippen molar-refractivity contribution >= 4 is 0 Å². The number of nitrogens with zero attached hydrogens (tertiary/aromatic N) is 5. The van der Waals surface area contributed by atoms with Crippen LogP contribution in [0.15, 0.2) is 65.6 Å². The lowest BCUT2D eigenvalue weighted by atomic mass is 10.0. The summed E-state index contributed by atoms with van der Waals surface area (Å²) in [5, 5.41) is 0. The topological polar surface area (TPSA) is 65.2 Å². The lowest BCUT2D eigenvalue weighted by Crippen LogP contribution is -2.35. The third-order valence-corrected chi connectivity index (χ3v) is 6.54. The first-order chi connectivity index (χ1) is 17.4. The van der Waals surface area contributed by atoms with Gasteiger partial charge in [0.05, 0.1) is 23.0 Å². The van der Waals surface area contributed by atoms with Gasteiger partial charge in [-0.05, 0) is 87.9 Å². The highest BCUT2D eigenvalue weighted by molar-refractivity contribution is 5.79. The Morgan fingerprint density at radius 3 is 2.25 bits per heavy atom. The van der Waals surface area contributed by atoms with Crippen molar-refractivity contribution in [3.63, 3.8) is 0 Å². The van der Waals surface area contributed by atoms with Gasteiger partial charge in [-0.25, -0.2) is 18.4 Å². The van der Waals surface area contributed by atoms with E-state index in [1.54, 1.807) is 29.1 Å². The van der Waals surface area contributed by atoms with Gasteiger partial charge in [-0.15, -0.1) is 0 Å². The summed E-state index contributed by atoms with van der Waals surface area (Å²) in [6.45, 7) is 4.24. The van der Waals surface area contributed by atoms with Crippen LogP contribution < -0.4 is 10.3 Å². The smallest absolute Gasteiger partial charge is 0.322 e. The van der Waals surface area contributed by atoms with Gasteiger partial charge >= 0.3 is 6.01 Å². The first kappa shape index (κ1) is 23.9. The molecular weight excluding hydrogens is 464 g/mol. The van der Waals surface area contributed by atoms with E-state index in [9.17, 15) is 13.6 Å². The van der Waals surface area contributed by atoms with E-state index in [4.69, 9.17) is 4.74 Å². The van der Waals surface area contributed by atoms with E-state index in [-0.39, 0.29) is 29.2 Å². The van der Waals surface area contributed by atoms with Crippen molar-refractivity contribution < 1.29 is 13.5 Å². The first-order valence-corrected chi connectivity index (χ1v) is 12.0. The summed E-state index contributed by atoms with van der Waals surface area (Å²) in [5.74, 6) is -0.349. The average Bonchev–Trinajstić information content (AvgIpc) is 3.18. The normalized spacial score (nSPS) is 14.8. The van der Waals surface area contributed by atoms with Crippen molar-refractivity contribution in [3.05, 3.63) is 82.8 Å². The highest BCUT2D eigenvalue weighted by Crippen LogP contribution is 2.35. The van der Waals surface area contributed by atoms with Crippen LogP contribution >= 0.6 is 0 Å². The molecule has 2 aromatic heterocycles. The summed E-state index contributed by atoms with van der Waals surface area (Å²) in [6, 6.07) is 13.4.